The molecule has 6 heteroatoms. The Kier molecular flexibility index (Phi) is 3.43. The third-order valence-corrected chi connectivity index (χ3v) is 3.38. The lowest BCUT2D eigenvalue weighted by molar-refractivity contribution is 0.628. The summed E-state index contributed by atoms with van der Waals surface area (Å²) in [6.45, 7) is 0. The fraction of sp³-hybridized carbons (Fsp3) is 0.0667. The second-order valence-corrected chi connectivity index (χ2v) is 4.84. The smallest absolute Gasteiger partial charge is 0.162 e. The minimum atomic E-state index is -0.539. The summed E-state index contributed by atoms with van der Waals surface area (Å²) in [5.74, 6) is -0.0882. The highest BCUT2D eigenvalue weighted by molar-refractivity contribution is 6.30. The summed E-state index contributed by atoms with van der Waals surface area (Å²) in [6.07, 6.45) is 0. The van der Waals surface area contributed by atoms with Gasteiger partial charge in [-0.15, -0.1) is 0 Å². The van der Waals surface area contributed by atoms with Gasteiger partial charge in [0.2, 0.25) is 0 Å². The van der Waals surface area contributed by atoms with Crippen molar-refractivity contribution in [3.63, 3.8) is 0 Å². The maximum atomic E-state index is 13.6. The SMILES string of the molecule is CNc1nc(-c2ccc(Cl)c(F)c2)nc2ccc(F)cc12. The average molecular weight is 306 g/mol. The first-order valence-corrected chi connectivity index (χ1v) is 6.57. The zero-order valence-corrected chi connectivity index (χ0v) is 11.7. The van der Waals surface area contributed by atoms with Crippen molar-refractivity contribution in [2.45, 2.75) is 0 Å². The van der Waals surface area contributed by atoms with E-state index in [1.165, 1.54) is 24.3 Å². The van der Waals surface area contributed by atoms with Crippen LogP contribution in [0.4, 0.5) is 14.6 Å². The van der Waals surface area contributed by atoms with Crippen LogP contribution < -0.4 is 5.32 Å². The summed E-state index contributed by atoms with van der Waals surface area (Å²) in [5, 5.41) is 3.50. The van der Waals surface area contributed by atoms with E-state index < -0.39 is 5.82 Å². The molecular formula is C15H10ClF2N3. The molecule has 2 aromatic carbocycles. The normalized spacial score (nSPS) is 10.9. The highest BCUT2D eigenvalue weighted by Crippen LogP contribution is 2.27. The van der Waals surface area contributed by atoms with Gasteiger partial charge in [-0.2, -0.15) is 0 Å². The van der Waals surface area contributed by atoms with Crippen LogP contribution in [0.25, 0.3) is 22.3 Å². The van der Waals surface area contributed by atoms with Crippen LogP contribution in [0.15, 0.2) is 36.4 Å². The monoisotopic (exact) mass is 305 g/mol. The molecule has 3 aromatic rings. The Morgan fingerprint density at radius 3 is 2.57 bits per heavy atom. The molecule has 0 radical (unpaired) electrons. The van der Waals surface area contributed by atoms with Crippen molar-refractivity contribution in [2.24, 2.45) is 0 Å². The lowest BCUT2D eigenvalue weighted by Gasteiger charge is -2.08. The molecule has 0 unspecified atom stereocenters. The number of halogens is 3. The van der Waals surface area contributed by atoms with Crippen molar-refractivity contribution in [3.05, 3.63) is 53.1 Å². The van der Waals surface area contributed by atoms with E-state index in [9.17, 15) is 8.78 Å². The fourth-order valence-corrected chi connectivity index (χ4v) is 2.17. The summed E-state index contributed by atoms with van der Waals surface area (Å²) < 4.78 is 26.9. The first-order chi connectivity index (χ1) is 10.1. The molecule has 0 atom stereocenters. The molecule has 0 saturated heterocycles. The number of nitrogens with one attached hydrogen (secondary N) is 1. The topological polar surface area (TPSA) is 37.8 Å². The van der Waals surface area contributed by atoms with Gasteiger partial charge in [0.25, 0.3) is 0 Å². The van der Waals surface area contributed by atoms with E-state index >= 15 is 0 Å². The Balaban J connectivity index is 2.23. The quantitative estimate of drug-likeness (QED) is 0.768. The second-order valence-electron chi connectivity index (χ2n) is 4.44. The van der Waals surface area contributed by atoms with Gasteiger partial charge in [0.1, 0.15) is 17.5 Å². The number of benzene rings is 2. The van der Waals surface area contributed by atoms with E-state index in [2.05, 4.69) is 15.3 Å². The molecule has 0 aliphatic rings. The lowest BCUT2D eigenvalue weighted by atomic mass is 10.1. The zero-order chi connectivity index (χ0) is 15.0. The van der Waals surface area contributed by atoms with E-state index in [0.29, 0.717) is 28.1 Å². The van der Waals surface area contributed by atoms with E-state index in [1.54, 1.807) is 19.2 Å². The van der Waals surface area contributed by atoms with Crippen LogP contribution in [-0.4, -0.2) is 17.0 Å². The molecule has 106 valence electrons. The molecule has 0 bridgehead atoms. The van der Waals surface area contributed by atoms with Gasteiger partial charge in [-0.1, -0.05) is 11.6 Å². The van der Waals surface area contributed by atoms with Crippen molar-refractivity contribution in [1.82, 2.24) is 9.97 Å². The molecule has 1 N–H and O–H groups in total. The van der Waals surface area contributed by atoms with E-state index in [0.717, 1.165) is 0 Å². The van der Waals surface area contributed by atoms with Crippen molar-refractivity contribution >= 4 is 28.3 Å². The number of nitrogens with zero attached hydrogens (tertiary/aromatic N) is 2. The van der Waals surface area contributed by atoms with Gasteiger partial charge in [-0.05, 0) is 36.4 Å². The summed E-state index contributed by atoms with van der Waals surface area (Å²) >= 11 is 5.67. The Hall–Kier alpha value is -2.27. The molecule has 0 aliphatic heterocycles. The summed E-state index contributed by atoms with van der Waals surface area (Å²) in [5.41, 5.74) is 1.07. The molecule has 3 nitrogen and oxygen atoms in total. The molecule has 3 rings (SSSR count). The molecule has 21 heavy (non-hydrogen) atoms. The van der Waals surface area contributed by atoms with Crippen molar-refractivity contribution in [2.75, 3.05) is 12.4 Å². The summed E-state index contributed by atoms with van der Waals surface area (Å²) in [6, 6.07) is 8.59. The fourth-order valence-electron chi connectivity index (χ4n) is 2.06. The third-order valence-electron chi connectivity index (χ3n) is 3.07. The predicted molar refractivity (Wildman–Crippen MR) is 79.4 cm³/mol. The van der Waals surface area contributed by atoms with Gasteiger partial charge in [0.15, 0.2) is 5.82 Å². The van der Waals surface area contributed by atoms with Gasteiger partial charge in [-0.25, -0.2) is 18.7 Å². The lowest BCUT2D eigenvalue weighted by Crippen LogP contribution is -1.99. The number of rotatable bonds is 2. The highest BCUT2D eigenvalue weighted by Gasteiger charge is 2.11. The number of anilines is 1. The molecule has 0 saturated carbocycles. The minimum Gasteiger partial charge on any atom is -0.373 e. The van der Waals surface area contributed by atoms with Crippen LogP contribution in [-0.2, 0) is 0 Å². The number of aromatic nitrogens is 2. The van der Waals surface area contributed by atoms with Crippen molar-refractivity contribution < 1.29 is 8.78 Å². The number of hydrogen-bond acceptors (Lipinski definition) is 3. The molecular weight excluding hydrogens is 296 g/mol. The van der Waals surface area contributed by atoms with Gasteiger partial charge in [-0.3, -0.25) is 0 Å². The van der Waals surface area contributed by atoms with Gasteiger partial charge >= 0.3 is 0 Å². The molecule has 0 aliphatic carbocycles. The molecule has 0 spiro atoms. The zero-order valence-electron chi connectivity index (χ0n) is 11.0. The van der Waals surface area contributed by atoms with Gasteiger partial charge < -0.3 is 5.32 Å². The molecule has 1 heterocycles. The Morgan fingerprint density at radius 1 is 1.05 bits per heavy atom. The molecule has 0 fully saturated rings. The van der Waals surface area contributed by atoms with Crippen LogP contribution in [0.2, 0.25) is 5.02 Å². The Bertz CT molecular complexity index is 837. The van der Waals surface area contributed by atoms with Crippen LogP contribution in [0.3, 0.4) is 0 Å². The highest BCUT2D eigenvalue weighted by atomic mass is 35.5. The van der Waals surface area contributed by atoms with Crippen LogP contribution >= 0.6 is 11.6 Å². The van der Waals surface area contributed by atoms with Crippen molar-refractivity contribution in [3.8, 4) is 11.4 Å². The maximum absolute atomic E-state index is 13.6. The molecule has 1 aromatic heterocycles. The maximum Gasteiger partial charge on any atom is 0.162 e. The summed E-state index contributed by atoms with van der Waals surface area (Å²) in [7, 11) is 1.68. The Morgan fingerprint density at radius 2 is 1.86 bits per heavy atom. The third kappa shape index (κ3) is 2.52. The summed E-state index contributed by atoms with van der Waals surface area (Å²) in [4.78, 5) is 8.64. The average Bonchev–Trinajstić information content (AvgIpc) is 2.49. The first kappa shape index (κ1) is 13.7. The van der Waals surface area contributed by atoms with Crippen LogP contribution in [0.1, 0.15) is 0 Å². The molecule has 0 amide bonds. The Labute approximate surface area is 124 Å². The minimum absolute atomic E-state index is 0.0375. The predicted octanol–water partition coefficient (Wildman–Crippen LogP) is 4.27. The van der Waals surface area contributed by atoms with Crippen LogP contribution in [0.5, 0.6) is 0 Å². The standard InChI is InChI=1S/C15H10ClF2N3/c1-19-15-10-7-9(17)3-5-13(10)20-14(21-15)8-2-4-11(16)12(18)6-8/h2-7H,1H3,(H,19,20,21). The number of hydrogen-bond donors (Lipinski definition) is 1. The first-order valence-electron chi connectivity index (χ1n) is 6.19. The van der Waals surface area contributed by atoms with Crippen molar-refractivity contribution in [1.29, 1.82) is 0 Å². The second kappa shape index (κ2) is 5.26. The van der Waals surface area contributed by atoms with Gasteiger partial charge in [0.05, 0.1) is 10.5 Å². The van der Waals surface area contributed by atoms with E-state index in [-0.39, 0.29) is 10.8 Å². The largest absolute Gasteiger partial charge is 0.373 e. The number of fused-ring (bicyclic) bond motifs is 1. The van der Waals surface area contributed by atoms with Gasteiger partial charge in [0, 0.05) is 18.0 Å². The van der Waals surface area contributed by atoms with E-state index in [1.807, 2.05) is 0 Å². The van der Waals surface area contributed by atoms with E-state index in [4.69, 9.17) is 11.6 Å². The van der Waals surface area contributed by atoms with Crippen LogP contribution in [0, 0.1) is 11.6 Å².